The van der Waals surface area contributed by atoms with Gasteiger partial charge in [0.05, 0.1) is 7.11 Å². The van der Waals surface area contributed by atoms with Crippen molar-refractivity contribution in [1.82, 2.24) is 4.90 Å². The van der Waals surface area contributed by atoms with Gasteiger partial charge >= 0.3 is 5.97 Å². The third-order valence-electron chi connectivity index (χ3n) is 5.56. The molecule has 0 unspecified atom stereocenters. The summed E-state index contributed by atoms with van der Waals surface area (Å²) in [6.07, 6.45) is 4.69. The van der Waals surface area contributed by atoms with Crippen LogP contribution in [0.3, 0.4) is 0 Å². The average molecular weight is 389 g/mol. The predicted molar refractivity (Wildman–Crippen MR) is 106 cm³/mol. The van der Waals surface area contributed by atoms with Crippen LogP contribution in [0.25, 0.3) is 0 Å². The number of methoxy groups -OCH3 is 1. The van der Waals surface area contributed by atoms with E-state index in [0.717, 1.165) is 31.4 Å². The van der Waals surface area contributed by atoms with Crippen LogP contribution < -0.4 is 4.74 Å². The number of ether oxygens (including phenoxy) is 1. The highest BCUT2D eigenvalue weighted by Crippen LogP contribution is 2.27. The van der Waals surface area contributed by atoms with E-state index in [1.54, 1.807) is 7.11 Å². The number of aliphatic carboxylic acids is 1. The third-order valence-corrected chi connectivity index (χ3v) is 5.56. The number of carbonyl (C=O) groups excluding carboxylic acids is 2. The number of carboxylic acids is 1. The summed E-state index contributed by atoms with van der Waals surface area (Å²) in [5.41, 5.74) is 1.24. The van der Waals surface area contributed by atoms with Gasteiger partial charge in [-0.3, -0.25) is 9.59 Å². The number of amides is 1. The van der Waals surface area contributed by atoms with Gasteiger partial charge in [0.25, 0.3) is 5.78 Å². The Hall–Kier alpha value is -2.37. The molecule has 2 atom stereocenters. The predicted octanol–water partition coefficient (Wildman–Crippen LogP) is 3.32. The molecule has 1 aliphatic heterocycles. The Labute approximate surface area is 166 Å². The Kier molecular flexibility index (Phi) is 8.03. The van der Waals surface area contributed by atoms with Crippen molar-refractivity contribution < 1.29 is 24.2 Å². The van der Waals surface area contributed by atoms with Gasteiger partial charge in [-0.05, 0) is 55.7 Å². The molecule has 6 nitrogen and oxygen atoms in total. The number of ketones is 1. The van der Waals surface area contributed by atoms with Crippen LogP contribution >= 0.6 is 0 Å². The van der Waals surface area contributed by atoms with E-state index in [2.05, 4.69) is 12.1 Å². The van der Waals surface area contributed by atoms with Gasteiger partial charge in [0.2, 0.25) is 5.91 Å². The molecule has 0 spiro atoms. The second-order valence-corrected chi connectivity index (χ2v) is 7.80. The molecule has 1 aromatic rings. The number of rotatable bonds is 10. The Balaban J connectivity index is 1.90. The van der Waals surface area contributed by atoms with Gasteiger partial charge in [-0.2, -0.15) is 0 Å². The zero-order valence-corrected chi connectivity index (χ0v) is 17.0. The topological polar surface area (TPSA) is 83.9 Å². The molecule has 1 heterocycles. The number of unbranched alkanes of at least 4 members (excludes halogenated alkanes) is 1. The van der Waals surface area contributed by atoms with Crippen molar-refractivity contribution in [3.05, 3.63) is 29.8 Å². The van der Waals surface area contributed by atoms with E-state index in [4.69, 9.17) is 9.84 Å². The second-order valence-electron chi connectivity index (χ2n) is 7.80. The molecule has 1 amide bonds. The van der Waals surface area contributed by atoms with Gasteiger partial charge in [-0.1, -0.05) is 32.4 Å². The fourth-order valence-corrected chi connectivity index (χ4v) is 3.89. The second kappa shape index (κ2) is 10.2. The minimum atomic E-state index is -1.45. The standard InChI is InChI=1S/C22H31NO5/c1-15(2)18(8-5-4-7-16-10-12-17(28-3)13-11-16)21(25)23-14-6-9-19(23)20(24)22(26)27/h10-13,15,18-19H,4-9,14H2,1-3H3,(H,26,27)/t18-,19-/m0/s1. The number of nitrogens with zero attached hydrogens (tertiary/aromatic N) is 1. The maximum absolute atomic E-state index is 13.0. The van der Waals surface area contributed by atoms with Crippen LogP contribution in [0.2, 0.25) is 0 Å². The van der Waals surface area contributed by atoms with Gasteiger partial charge in [0.15, 0.2) is 0 Å². The van der Waals surface area contributed by atoms with Crippen molar-refractivity contribution in [3.63, 3.8) is 0 Å². The van der Waals surface area contributed by atoms with Crippen LogP contribution in [0.15, 0.2) is 24.3 Å². The first-order chi connectivity index (χ1) is 13.3. The SMILES string of the molecule is COc1ccc(CCCC[C@H](C(=O)N2CCC[C@H]2C(=O)C(=O)O)C(C)C)cc1. The number of Topliss-reactive ketones (excluding diaryl/α,β-unsaturated/α-hetero) is 1. The number of carbonyl (C=O) groups is 3. The lowest BCUT2D eigenvalue weighted by molar-refractivity contribution is -0.153. The van der Waals surface area contributed by atoms with E-state index in [1.165, 1.54) is 10.5 Å². The van der Waals surface area contributed by atoms with Crippen LogP contribution in [0, 0.1) is 11.8 Å². The molecule has 154 valence electrons. The highest BCUT2D eigenvalue weighted by molar-refractivity contribution is 6.35. The number of carboxylic acid groups (broad SMARTS) is 1. The summed E-state index contributed by atoms with van der Waals surface area (Å²) in [5.74, 6) is -1.59. The fraction of sp³-hybridized carbons (Fsp3) is 0.591. The molecule has 0 aliphatic carbocycles. The summed E-state index contributed by atoms with van der Waals surface area (Å²) in [6.45, 7) is 4.49. The van der Waals surface area contributed by atoms with Gasteiger partial charge < -0.3 is 14.7 Å². The van der Waals surface area contributed by atoms with Crippen LogP contribution in [0.1, 0.15) is 51.5 Å². The summed E-state index contributed by atoms with van der Waals surface area (Å²) < 4.78 is 5.17. The minimum absolute atomic E-state index is 0.0726. The molecule has 1 saturated heterocycles. The Bertz CT molecular complexity index is 683. The molecular formula is C22H31NO5. The molecule has 0 aromatic heterocycles. The van der Waals surface area contributed by atoms with Crippen molar-refractivity contribution in [3.8, 4) is 5.75 Å². The lowest BCUT2D eigenvalue weighted by Gasteiger charge is -2.29. The van der Waals surface area contributed by atoms with Gasteiger partial charge in [-0.15, -0.1) is 0 Å². The third kappa shape index (κ3) is 5.57. The zero-order valence-electron chi connectivity index (χ0n) is 17.0. The maximum atomic E-state index is 13.0. The molecule has 1 N–H and O–H groups in total. The van der Waals surface area contributed by atoms with Crippen molar-refractivity contribution in [2.75, 3.05) is 13.7 Å². The molecule has 0 radical (unpaired) electrons. The van der Waals surface area contributed by atoms with E-state index in [0.29, 0.717) is 19.4 Å². The minimum Gasteiger partial charge on any atom is -0.497 e. The molecular weight excluding hydrogens is 358 g/mol. The van der Waals surface area contributed by atoms with Crippen LogP contribution in [0.4, 0.5) is 0 Å². The number of aryl methyl sites for hydroxylation is 1. The summed E-state index contributed by atoms with van der Waals surface area (Å²) >= 11 is 0. The van der Waals surface area contributed by atoms with Crippen molar-refractivity contribution >= 4 is 17.7 Å². The zero-order chi connectivity index (χ0) is 20.7. The number of hydrogen-bond donors (Lipinski definition) is 1. The van der Waals surface area contributed by atoms with Crippen LogP contribution in [-0.2, 0) is 20.8 Å². The van der Waals surface area contributed by atoms with E-state index >= 15 is 0 Å². The normalized spacial score (nSPS) is 17.6. The highest BCUT2D eigenvalue weighted by atomic mass is 16.5. The molecule has 2 rings (SSSR count). The molecule has 0 saturated carbocycles. The van der Waals surface area contributed by atoms with E-state index in [1.807, 2.05) is 26.0 Å². The van der Waals surface area contributed by atoms with E-state index in [-0.39, 0.29) is 17.7 Å². The highest BCUT2D eigenvalue weighted by Gasteiger charge is 2.39. The van der Waals surface area contributed by atoms with Crippen LogP contribution in [0.5, 0.6) is 5.75 Å². The molecule has 1 aliphatic rings. The molecule has 28 heavy (non-hydrogen) atoms. The van der Waals surface area contributed by atoms with Gasteiger partial charge in [0.1, 0.15) is 11.8 Å². The molecule has 1 fully saturated rings. The smallest absolute Gasteiger partial charge is 0.374 e. The fourth-order valence-electron chi connectivity index (χ4n) is 3.89. The Morgan fingerprint density at radius 1 is 1.18 bits per heavy atom. The lowest BCUT2D eigenvalue weighted by atomic mass is 9.88. The number of likely N-dealkylation sites (tertiary alicyclic amines) is 1. The van der Waals surface area contributed by atoms with E-state index in [9.17, 15) is 14.4 Å². The van der Waals surface area contributed by atoms with Crippen LogP contribution in [-0.4, -0.2) is 47.4 Å². The average Bonchev–Trinajstić information content (AvgIpc) is 3.16. The first-order valence-electron chi connectivity index (χ1n) is 10.1. The summed E-state index contributed by atoms with van der Waals surface area (Å²) in [6, 6.07) is 7.20. The summed E-state index contributed by atoms with van der Waals surface area (Å²) in [7, 11) is 1.65. The Morgan fingerprint density at radius 2 is 1.86 bits per heavy atom. The van der Waals surface area contributed by atoms with Crippen molar-refractivity contribution in [2.45, 2.75) is 58.4 Å². The summed E-state index contributed by atoms with van der Waals surface area (Å²) in [4.78, 5) is 37.5. The number of hydrogen-bond acceptors (Lipinski definition) is 4. The largest absolute Gasteiger partial charge is 0.497 e. The first kappa shape index (κ1) is 21.9. The summed E-state index contributed by atoms with van der Waals surface area (Å²) in [5, 5.41) is 9.01. The van der Waals surface area contributed by atoms with Crippen molar-refractivity contribution in [1.29, 1.82) is 0 Å². The van der Waals surface area contributed by atoms with E-state index < -0.39 is 17.8 Å². The number of benzene rings is 1. The first-order valence-corrected chi connectivity index (χ1v) is 10.1. The molecule has 1 aromatic carbocycles. The Morgan fingerprint density at radius 3 is 2.43 bits per heavy atom. The molecule has 6 heteroatoms. The maximum Gasteiger partial charge on any atom is 0.374 e. The monoisotopic (exact) mass is 389 g/mol. The quantitative estimate of drug-likeness (QED) is 0.490. The van der Waals surface area contributed by atoms with Gasteiger partial charge in [0, 0.05) is 12.5 Å². The van der Waals surface area contributed by atoms with Crippen molar-refractivity contribution in [2.24, 2.45) is 11.8 Å². The lowest BCUT2D eigenvalue weighted by Crippen LogP contribution is -2.46. The van der Waals surface area contributed by atoms with Gasteiger partial charge in [-0.25, -0.2) is 4.79 Å². The molecule has 0 bridgehead atoms.